The van der Waals surface area contributed by atoms with E-state index in [1.165, 1.54) is 5.56 Å². The topological polar surface area (TPSA) is 88.7 Å². The van der Waals surface area contributed by atoms with E-state index in [2.05, 4.69) is 50.8 Å². The fraction of sp³-hybridized carbons (Fsp3) is 0.400. The van der Waals surface area contributed by atoms with Gasteiger partial charge in [0.2, 0.25) is 0 Å². The molecule has 3 N–H and O–H groups in total. The Hall–Kier alpha value is -3.13. The van der Waals surface area contributed by atoms with E-state index in [0.717, 1.165) is 11.1 Å². The molecule has 8 heteroatoms. The van der Waals surface area contributed by atoms with E-state index in [1.807, 2.05) is 49.4 Å². The highest BCUT2D eigenvalue weighted by Crippen LogP contribution is 2.27. The molecule has 0 heterocycles. The summed E-state index contributed by atoms with van der Waals surface area (Å²) in [5.41, 5.74) is 8.18. The lowest BCUT2D eigenvalue weighted by Gasteiger charge is -2.19. The van der Waals surface area contributed by atoms with Crippen LogP contribution in [-0.2, 0) is 15.0 Å². The van der Waals surface area contributed by atoms with E-state index >= 15 is 0 Å². The summed E-state index contributed by atoms with van der Waals surface area (Å²) in [6.07, 6.45) is 0. The molecule has 0 radical (unpaired) electrons. The molecule has 2 rings (SSSR count). The molecule has 0 aliphatic carbocycles. The number of rotatable bonds is 7. The van der Waals surface area contributed by atoms with Gasteiger partial charge in [-0.15, -0.1) is 0 Å². The van der Waals surface area contributed by atoms with Crippen LogP contribution in [0.2, 0.25) is 0 Å². The second kappa shape index (κ2) is 11.7. The zero-order valence-electron chi connectivity index (χ0n) is 20.1. The van der Waals surface area contributed by atoms with Crippen LogP contribution in [0.3, 0.4) is 0 Å². The van der Waals surface area contributed by atoms with E-state index < -0.39 is 11.8 Å². The van der Waals surface area contributed by atoms with Crippen LogP contribution in [0.25, 0.3) is 0 Å². The molecule has 33 heavy (non-hydrogen) atoms. The van der Waals surface area contributed by atoms with Crippen LogP contribution < -0.4 is 25.6 Å². The number of thiocarbonyl (C=S) groups is 1. The van der Waals surface area contributed by atoms with Crippen LogP contribution in [0.15, 0.2) is 42.5 Å². The molecule has 0 spiro atoms. The Kier molecular flexibility index (Phi) is 9.22. The maximum atomic E-state index is 12.1. The summed E-state index contributed by atoms with van der Waals surface area (Å²) in [4.78, 5) is 24.1. The minimum absolute atomic E-state index is 0.0417. The van der Waals surface area contributed by atoms with Crippen molar-refractivity contribution in [3.8, 4) is 11.5 Å². The number of nitrogens with one attached hydrogen (secondary N) is 3. The quantitative estimate of drug-likeness (QED) is 0.419. The van der Waals surface area contributed by atoms with Gasteiger partial charge in [-0.1, -0.05) is 58.9 Å². The number of hydrogen-bond donors (Lipinski definition) is 3. The first-order chi connectivity index (χ1) is 15.5. The number of amides is 2. The number of aryl methyl sites for hydroxylation is 1. The largest absolute Gasteiger partial charge is 0.484 e. The molecule has 7 nitrogen and oxygen atoms in total. The molecule has 2 aromatic carbocycles. The maximum absolute atomic E-state index is 12.1. The van der Waals surface area contributed by atoms with Crippen LogP contribution in [-0.4, -0.2) is 30.1 Å². The number of benzene rings is 2. The van der Waals surface area contributed by atoms with Gasteiger partial charge in [-0.25, -0.2) is 0 Å². The Labute approximate surface area is 201 Å². The third kappa shape index (κ3) is 8.73. The lowest BCUT2D eigenvalue weighted by Crippen LogP contribution is -2.50. The highest BCUT2D eigenvalue weighted by Gasteiger charge is 2.14. The Balaban J connectivity index is 1.72. The highest BCUT2D eigenvalue weighted by atomic mass is 32.1. The fourth-order valence-corrected chi connectivity index (χ4v) is 3.11. The van der Waals surface area contributed by atoms with Crippen molar-refractivity contribution < 1.29 is 19.1 Å². The van der Waals surface area contributed by atoms with Crippen molar-refractivity contribution in [3.05, 3.63) is 59.2 Å². The average molecular weight is 472 g/mol. The predicted octanol–water partition coefficient (Wildman–Crippen LogP) is 3.90. The molecule has 0 saturated heterocycles. The lowest BCUT2D eigenvalue weighted by atomic mass is 9.87. The molecule has 2 amide bonds. The van der Waals surface area contributed by atoms with Crippen LogP contribution in [0.4, 0.5) is 0 Å². The van der Waals surface area contributed by atoms with Gasteiger partial charge in [-0.3, -0.25) is 25.8 Å². The molecule has 0 aliphatic rings. The second-order valence-corrected chi connectivity index (χ2v) is 9.51. The zero-order chi connectivity index (χ0) is 24.6. The highest BCUT2D eigenvalue weighted by molar-refractivity contribution is 7.80. The summed E-state index contributed by atoms with van der Waals surface area (Å²) in [6, 6.07) is 13.5. The molecule has 178 valence electrons. The molecule has 0 aromatic heterocycles. The standard InChI is InChI=1S/C25H33N3O4S/c1-16(2)20-12-7-17(3)13-21(20)32-15-23(30)27-28-24(33)26-22(29)14-31-19-10-8-18(9-11-19)25(4,5)6/h7-13,16H,14-15H2,1-6H3,(H,27,30)(H2,26,28,29,33). The van der Waals surface area contributed by atoms with E-state index in [9.17, 15) is 9.59 Å². The maximum Gasteiger partial charge on any atom is 0.276 e. The summed E-state index contributed by atoms with van der Waals surface area (Å²) < 4.78 is 11.2. The Morgan fingerprint density at radius 3 is 2.18 bits per heavy atom. The van der Waals surface area contributed by atoms with Gasteiger partial charge in [0.05, 0.1) is 0 Å². The first-order valence-electron chi connectivity index (χ1n) is 10.8. The summed E-state index contributed by atoms with van der Waals surface area (Å²) >= 11 is 5.03. The first-order valence-corrected chi connectivity index (χ1v) is 11.2. The number of carbonyl (C=O) groups is 2. The first kappa shape index (κ1) is 26.1. The van der Waals surface area contributed by atoms with Gasteiger partial charge in [0.25, 0.3) is 11.8 Å². The van der Waals surface area contributed by atoms with E-state index in [-0.39, 0.29) is 29.7 Å². The summed E-state index contributed by atoms with van der Waals surface area (Å²) in [5, 5.41) is 2.40. The van der Waals surface area contributed by atoms with Crippen molar-refractivity contribution >= 4 is 29.1 Å². The monoisotopic (exact) mass is 471 g/mol. The van der Waals surface area contributed by atoms with Gasteiger partial charge in [-0.05, 0) is 65.4 Å². The molecule has 0 atom stereocenters. The van der Waals surface area contributed by atoms with Crippen molar-refractivity contribution in [3.63, 3.8) is 0 Å². The smallest absolute Gasteiger partial charge is 0.276 e. The van der Waals surface area contributed by atoms with Crippen molar-refractivity contribution in [1.82, 2.24) is 16.2 Å². The third-order valence-corrected chi connectivity index (χ3v) is 5.01. The van der Waals surface area contributed by atoms with Gasteiger partial charge in [0.15, 0.2) is 18.3 Å². The van der Waals surface area contributed by atoms with E-state index in [0.29, 0.717) is 11.5 Å². The molecule has 2 aromatic rings. The normalized spacial score (nSPS) is 11.0. The Morgan fingerprint density at radius 1 is 0.939 bits per heavy atom. The molecular weight excluding hydrogens is 438 g/mol. The SMILES string of the molecule is Cc1ccc(C(C)C)c(OCC(=O)NNC(=S)NC(=O)COc2ccc(C(C)(C)C)cc2)c1. The molecule has 0 bridgehead atoms. The molecule has 0 fully saturated rings. The summed E-state index contributed by atoms with van der Waals surface area (Å²) in [7, 11) is 0. The number of ether oxygens (including phenoxy) is 2. The Morgan fingerprint density at radius 2 is 1.58 bits per heavy atom. The van der Waals surface area contributed by atoms with Gasteiger partial charge in [0.1, 0.15) is 11.5 Å². The predicted molar refractivity (Wildman–Crippen MR) is 133 cm³/mol. The van der Waals surface area contributed by atoms with Gasteiger partial charge >= 0.3 is 0 Å². The van der Waals surface area contributed by atoms with Crippen molar-refractivity contribution in [2.24, 2.45) is 0 Å². The minimum atomic E-state index is -0.445. The van der Waals surface area contributed by atoms with E-state index in [1.54, 1.807) is 0 Å². The molecular formula is C25H33N3O4S. The number of carbonyl (C=O) groups excluding carboxylic acids is 2. The van der Waals surface area contributed by atoms with Crippen LogP contribution in [0, 0.1) is 6.92 Å². The molecule has 0 unspecified atom stereocenters. The molecule has 0 saturated carbocycles. The van der Waals surface area contributed by atoms with Crippen LogP contribution in [0.1, 0.15) is 57.2 Å². The van der Waals surface area contributed by atoms with E-state index in [4.69, 9.17) is 21.7 Å². The van der Waals surface area contributed by atoms with Crippen molar-refractivity contribution in [1.29, 1.82) is 0 Å². The average Bonchev–Trinajstić information content (AvgIpc) is 2.74. The minimum Gasteiger partial charge on any atom is -0.484 e. The van der Waals surface area contributed by atoms with Crippen molar-refractivity contribution in [2.75, 3.05) is 13.2 Å². The van der Waals surface area contributed by atoms with Crippen molar-refractivity contribution in [2.45, 2.75) is 52.9 Å². The van der Waals surface area contributed by atoms with Gasteiger partial charge in [0, 0.05) is 0 Å². The summed E-state index contributed by atoms with van der Waals surface area (Å²) in [6.45, 7) is 12.1. The lowest BCUT2D eigenvalue weighted by molar-refractivity contribution is -0.124. The Bertz CT molecular complexity index is 982. The molecule has 0 aliphatic heterocycles. The number of hydrazine groups is 1. The van der Waals surface area contributed by atoms with Gasteiger partial charge < -0.3 is 9.47 Å². The van der Waals surface area contributed by atoms with Crippen LogP contribution in [0.5, 0.6) is 11.5 Å². The van der Waals surface area contributed by atoms with Gasteiger partial charge in [-0.2, -0.15) is 0 Å². The third-order valence-electron chi connectivity index (χ3n) is 4.81. The summed E-state index contributed by atoms with van der Waals surface area (Å²) in [5.74, 6) is 0.642. The fourth-order valence-electron chi connectivity index (χ4n) is 2.94. The zero-order valence-corrected chi connectivity index (χ0v) is 20.9. The second-order valence-electron chi connectivity index (χ2n) is 9.10. The van der Waals surface area contributed by atoms with Crippen LogP contribution >= 0.6 is 12.2 Å². The number of hydrogen-bond acceptors (Lipinski definition) is 5.